The van der Waals surface area contributed by atoms with Gasteiger partial charge < -0.3 is 0 Å². The largest absolute Gasteiger partial charge is 0.297 e. The maximum Gasteiger partial charge on any atom is 0.0933 e. The summed E-state index contributed by atoms with van der Waals surface area (Å²) in [6, 6.07) is 10.5. The zero-order valence-corrected chi connectivity index (χ0v) is 11.2. The summed E-state index contributed by atoms with van der Waals surface area (Å²) in [5.41, 5.74) is 4.22. The Kier molecular flexibility index (Phi) is 8.87. The van der Waals surface area contributed by atoms with Gasteiger partial charge in [-0.15, -0.1) is 0 Å². The maximum absolute atomic E-state index is 5.39. The summed E-state index contributed by atoms with van der Waals surface area (Å²) in [5, 5.41) is 0. The first-order chi connectivity index (χ1) is 7.70. The van der Waals surface area contributed by atoms with E-state index >= 15 is 0 Å². The van der Waals surface area contributed by atoms with E-state index < -0.39 is 0 Å². The van der Waals surface area contributed by atoms with Crippen LogP contribution in [-0.4, -0.2) is 6.04 Å². The van der Waals surface area contributed by atoms with Crippen LogP contribution in [0.1, 0.15) is 41.6 Å². The van der Waals surface area contributed by atoms with Crippen LogP contribution in [0, 0.1) is 5.92 Å². The van der Waals surface area contributed by atoms with Crippen molar-refractivity contribution in [2.45, 2.75) is 47.3 Å². The van der Waals surface area contributed by atoms with Crippen molar-refractivity contribution >= 4 is 0 Å². The number of hydrogen-bond donors (Lipinski definition) is 1. The van der Waals surface area contributed by atoms with Crippen molar-refractivity contribution in [3.05, 3.63) is 35.9 Å². The van der Waals surface area contributed by atoms with Gasteiger partial charge in [0.2, 0.25) is 0 Å². The lowest BCUT2D eigenvalue weighted by molar-refractivity contribution is -0.00229. The van der Waals surface area contributed by atoms with E-state index in [9.17, 15) is 0 Å². The van der Waals surface area contributed by atoms with Gasteiger partial charge in [-0.3, -0.25) is 4.84 Å². The molecular weight excluding hydrogens is 198 g/mol. The fraction of sp³-hybridized carbons (Fsp3) is 0.571. The first kappa shape index (κ1) is 15.1. The van der Waals surface area contributed by atoms with Crippen LogP contribution in [0.3, 0.4) is 0 Å². The van der Waals surface area contributed by atoms with E-state index in [4.69, 9.17) is 4.84 Å². The zero-order chi connectivity index (χ0) is 12.4. The Bertz CT molecular complexity index is 252. The Morgan fingerprint density at radius 1 is 1.12 bits per heavy atom. The van der Waals surface area contributed by atoms with Crippen LogP contribution < -0.4 is 5.48 Å². The lowest BCUT2D eigenvalue weighted by Crippen LogP contribution is -2.30. The number of hydroxylamine groups is 1. The molecule has 0 fully saturated rings. The van der Waals surface area contributed by atoms with E-state index in [0.717, 1.165) is 0 Å². The average molecular weight is 225 g/mol. The van der Waals surface area contributed by atoms with Crippen LogP contribution in [0.25, 0.3) is 0 Å². The van der Waals surface area contributed by atoms with Gasteiger partial charge in [-0.2, -0.15) is 5.48 Å². The van der Waals surface area contributed by atoms with Crippen LogP contribution in [0.4, 0.5) is 0 Å². The van der Waals surface area contributed by atoms with Gasteiger partial charge in [-0.05, 0) is 18.4 Å². The van der Waals surface area contributed by atoms with E-state index in [1.807, 2.05) is 32.0 Å². The molecule has 0 saturated carbocycles. The molecule has 0 amide bonds. The van der Waals surface area contributed by atoms with Crippen molar-refractivity contribution < 1.29 is 6.26 Å². The molecule has 0 unspecified atom stereocenters. The molecule has 0 radical (unpaired) electrons. The van der Waals surface area contributed by atoms with Crippen LogP contribution in [0.5, 0.6) is 0 Å². The molecule has 2 heteroatoms. The molecule has 0 heterocycles. The summed E-state index contributed by atoms with van der Waals surface area (Å²) in [5.74, 6) is 0.589. The summed E-state index contributed by atoms with van der Waals surface area (Å²) in [6.07, 6.45) is 0. The molecule has 1 aromatic carbocycles. The molecule has 1 rings (SSSR count). The van der Waals surface area contributed by atoms with Crippen LogP contribution >= 0.6 is 0 Å². The second-order valence-corrected chi connectivity index (χ2v) is 3.92. The first-order valence-corrected chi connectivity index (χ1v) is 6.11. The Morgan fingerprint density at radius 3 is 2.19 bits per heavy atom. The number of rotatable bonds is 5. The molecule has 0 aliphatic carbocycles. The van der Waals surface area contributed by atoms with E-state index in [0.29, 0.717) is 18.6 Å². The van der Waals surface area contributed by atoms with E-state index in [-0.39, 0.29) is 1.43 Å². The quantitative estimate of drug-likeness (QED) is 0.764. The molecule has 0 spiro atoms. The number of benzene rings is 1. The van der Waals surface area contributed by atoms with Gasteiger partial charge >= 0.3 is 0 Å². The van der Waals surface area contributed by atoms with E-state index in [2.05, 4.69) is 38.4 Å². The first-order valence-electron chi connectivity index (χ1n) is 6.11. The normalized spacial score (nSPS) is 11.9. The summed E-state index contributed by atoms with van der Waals surface area (Å²) >= 11 is 0. The molecule has 1 atom stereocenters. The lowest BCUT2D eigenvalue weighted by atomic mass is 10.1. The molecule has 0 aliphatic heterocycles. The van der Waals surface area contributed by atoms with Gasteiger partial charge in [0.1, 0.15) is 0 Å². The second-order valence-electron chi connectivity index (χ2n) is 3.92. The van der Waals surface area contributed by atoms with Gasteiger partial charge in [0.15, 0.2) is 0 Å². The van der Waals surface area contributed by atoms with Crippen molar-refractivity contribution in [3.8, 4) is 0 Å². The molecule has 1 aromatic rings. The molecule has 0 aromatic heterocycles. The Balaban J connectivity index is 0. The van der Waals surface area contributed by atoms with E-state index in [1.165, 1.54) is 5.56 Å². The smallest absolute Gasteiger partial charge is 0.0933 e. The van der Waals surface area contributed by atoms with Gasteiger partial charge in [0.05, 0.1) is 6.61 Å². The average Bonchev–Trinajstić information content (AvgIpc) is 2.33. The third-order valence-corrected chi connectivity index (χ3v) is 2.35. The number of nitrogens with one attached hydrogen (secondary N) is 1. The molecule has 1 N–H and O–H groups in total. The number of hydrogen-bond acceptors (Lipinski definition) is 2. The minimum absolute atomic E-state index is 0. The maximum atomic E-state index is 5.39. The standard InChI is InChI=1S/C12H19NO.C2H6.H2/c1-10(2)11(3)13-14-9-12-7-5-4-6-8-12;1-2;/h4-8,10-11,13H,9H2,1-3H3;1-2H3;1H/t11-;;/m1../s1. The fourth-order valence-corrected chi connectivity index (χ4v) is 0.967. The Hall–Kier alpha value is -0.860. The molecule has 0 bridgehead atoms. The summed E-state index contributed by atoms with van der Waals surface area (Å²) in [7, 11) is 0. The Morgan fingerprint density at radius 2 is 1.69 bits per heavy atom. The minimum atomic E-state index is 0. The molecule has 0 aliphatic rings. The highest BCUT2D eigenvalue weighted by atomic mass is 16.6. The predicted molar refractivity (Wildman–Crippen MR) is 72.1 cm³/mol. The van der Waals surface area contributed by atoms with Gasteiger partial charge in [0.25, 0.3) is 0 Å². The highest BCUT2D eigenvalue weighted by Gasteiger charge is 2.05. The third kappa shape index (κ3) is 6.59. The SMILES string of the molecule is CC.CC(C)[C@@H](C)NOCc1ccccc1.[HH]. The highest BCUT2D eigenvalue weighted by Crippen LogP contribution is 2.02. The summed E-state index contributed by atoms with van der Waals surface area (Å²) < 4.78 is 0. The molecule has 2 nitrogen and oxygen atoms in total. The van der Waals surface area contributed by atoms with Crippen LogP contribution in [0.15, 0.2) is 30.3 Å². The van der Waals surface area contributed by atoms with Crippen molar-refractivity contribution in [1.82, 2.24) is 5.48 Å². The van der Waals surface area contributed by atoms with Crippen molar-refractivity contribution in [2.75, 3.05) is 0 Å². The summed E-state index contributed by atoms with van der Waals surface area (Å²) in [4.78, 5) is 5.39. The molecule has 94 valence electrons. The monoisotopic (exact) mass is 225 g/mol. The third-order valence-electron chi connectivity index (χ3n) is 2.35. The van der Waals surface area contributed by atoms with Crippen LogP contribution in [0.2, 0.25) is 0 Å². The van der Waals surface area contributed by atoms with Crippen LogP contribution in [-0.2, 0) is 11.4 Å². The van der Waals surface area contributed by atoms with E-state index in [1.54, 1.807) is 0 Å². The van der Waals surface area contributed by atoms with Crippen molar-refractivity contribution in [2.24, 2.45) is 5.92 Å². The minimum Gasteiger partial charge on any atom is -0.297 e. The Labute approximate surface area is 101 Å². The summed E-state index contributed by atoms with van der Waals surface area (Å²) in [6.45, 7) is 11.1. The predicted octanol–water partition coefficient (Wildman–Crippen LogP) is 4.02. The van der Waals surface area contributed by atoms with Gasteiger partial charge in [-0.1, -0.05) is 58.0 Å². The lowest BCUT2D eigenvalue weighted by Gasteiger charge is -2.16. The fourth-order valence-electron chi connectivity index (χ4n) is 0.967. The highest BCUT2D eigenvalue weighted by molar-refractivity contribution is 5.13. The molecular formula is C14H27NO. The second kappa shape index (κ2) is 9.37. The topological polar surface area (TPSA) is 21.3 Å². The van der Waals surface area contributed by atoms with Crippen molar-refractivity contribution in [3.63, 3.8) is 0 Å². The van der Waals surface area contributed by atoms with Crippen molar-refractivity contribution in [1.29, 1.82) is 0 Å². The molecule has 16 heavy (non-hydrogen) atoms. The van der Waals surface area contributed by atoms with Gasteiger partial charge in [0, 0.05) is 7.47 Å². The molecule has 0 saturated heterocycles. The van der Waals surface area contributed by atoms with Gasteiger partial charge in [-0.25, -0.2) is 0 Å². The zero-order valence-electron chi connectivity index (χ0n) is 11.2.